The van der Waals surface area contributed by atoms with Gasteiger partial charge in [-0.25, -0.2) is 4.79 Å². The van der Waals surface area contributed by atoms with Gasteiger partial charge in [0.15, 0.2) is 0 Å². The third kappa shape index (κ3) is 1.64. The van der Waals surface area contributed by atoms with Crippen LogP contribution in [0, 0.1) is 0 Å². The number of fused-ring (bicyclic) bond motifs is 1. The topological polar surface area (TPSA) is 83.7 Å². The van der Waals surface area contributed by atoms with Crippen molar-refractivity contribution in [1.82, 2.24) is 20.2 Å². The van der Waals surface area contributed by atoms with Crippen LogP contribution < -0.4 is 10.4 Å². The SMILES string of the molecule is COc1ccc2c(-c3ccn[nH]3)nc(=O)[nH]c2c1. The minimum atomic E-state index is -0.402. The lowest BCUT2D eigenvalue weighted by molar-refractivity contribution is 0.415. The van der Waals surface area contributed by atoms with E-state index in [9.17, 15) is 4.79 Å². The van der Waals surface area contributed by atoms with E-state index in [1.807, 2.05) is 12.1 Å². The van der Waals surface area contributed by atoms with Gasteiger partial charge in [0.2, 0.25) is 0 Å². The van der Waals surface area contributed by atoms with Crippen molar-refractivity contribution in [3.8, 4) is 17.1 Å². The van der Waals surface area contributed by atoms with Gasteiger partial charge in [-0.05, 0) is 18.2 Å². The van der Waals surface area contributed by atoms with Gasteiger partial charge in [0.1, 0.15) is 11.4 Å². The summed E-state index contributed by atoms with van der Waals surface area (Å²) < 4.78 is 5.13. The minimum absolute atomic E-state index is 0.402. The zero-order chi connectivity index (χ0) is 12.5. The molecule has 0 aliphatic carbocycles. The number of methoxy groups -OCH3 is 1. The maximum atomic E-state index is 11.6. The van der Waals surface area contributed by atoms with Crippen LogP contribution in [0.4, 0.5) is 0 Å². The number of benzene rings is 1. The van der Waals surface area contributed by atoms with Crippen molar-refractivity contribution in [2.75, 3.05) is 7.11 Å². The standard InChI is InChI=1S/C12H10N4O2/c1-18-7-2-3-8-10(6-7)14-12(17)15-11(8)9-4-5-13-16-9/h2-6H,1H3,(H,13,16)(H,14,15,17). The van der Waals surface area contributed by atoms with E-state index in [2.05, 4.69) is 20.2 Å². The zero-order valence-electron chi connectivity index (χ0n) is 9.60. The molecule has 0 amide bonds. The maximum Gasteiger partial charge on any atom is 0.346 e. The lowest BCUT2D eigenvalue weighted by atomic mass is 10.1. The van der Waals surface area contributed by atoms with E-state index < -0.39 is 5.69 Å². The number of nitrogens with zero attached hydrogens (tertiary/aromatic N) is 2. The summed E-state index contributed by atoms with van der Waals surface area (Å²) in [5, 5.41) is 7.50. The number of hydrogen-bond acceptors (Lipinski definition) is 4. The first-order chi connectivity index (χ1) is 8.78. The first-order valence-corrected chi connectivity index (χ1v) is 5.36. The second-order valence-corrected chi connectivity index (χ2v) is 3.77. The third-order valence-corrected chi connectivity index (χ3v) is 2.69. The Morgan fingerprint density at radius 3 is 2.89 bits per heavy atom. The molecule has 0 saturated carbocycles. The highest BCUT2D eigenvalue weighted by molar-refractivity contribution is 5.91. The van der Waals surface area contributed by atoms with Gasteiger partial charge < -0.3 is 9.72 Å². The average Bonchev–Trinajstić information content (AvgIpc) is 2.90. The summed E-state index contributed by atoms with van der Waals surface area (Å²) in [7, 11) is 1.58. The maximum absolute atomic E-state index is 11.6. The molecular weight excluding hydrogens is 232 g/mol. The molecule has 0 aliphatic heterocycles. The molecular formula is C12H10N4O2. The Balaban J connectivity index is 2.35. The van der Waals surface area contributed by atoms with Gasteiger partial charge in [-0.15, -0.1) is 0 Å². The summed E-state index contributed by atoms with van der Waals surface area (Å²) >= 11 is 0. The van der Waals surface area contributed by atoms with Crippen LogP contribution in [0.2, 0.25) is 0 Å². The first-order valence-electron chi connectivity index (χ1n) is 5.36. The quantitative estimate of drug-likeness (QED) is 0.709. The number of rotatable bonds is 2. The van der Waals surface area contributed by atoms with Crippen molar-refractivity contribution in [3.63, 3.8) is 0 Å². The van der Waals surface area contributed by atoms with Crippen LogP contribution in [0.1, 0.15) is 0 Å². The molecule has 18 heavy (non-hydrogen) atoms. The van der Waals surface area contributed by atoms with Crippen LogP contribution in [0.15, 0.2) is 35.3 Å². The van der Waals surface area contributed by atoms with Crippen LogP contribution in [-0.4, -0.2) is 27.3 Å². The molecule has 2 aromatic heterocycles. The van der Waals surface area contributed by atoms with Crippen LogP contribution in [0.25, 0.3) is 22.3 Å². The van der Waals surface area contributed by atoms with Gasteiger partial charge >= 0.3 is 5.69 Å². The van der Waals surface area contributed by atoms with E-state index in [0.717, 1.165) is 5.39 Å². The Morgan fingerprint density at radius 1 is 1.28 bits per heavy atom. The van der Waals surface area contributed by atoms with Crippen molar-refractivity contribution in [2.45, 2.75) is 0 Å². The molecule has 6 nitrogen and oxygen atoms in total. The Hall–Kier alpha value is -2.63. The molecule has 0 atom stereocenters. The lowest BCUT2D eigenvalue weighted by Gasteiger charge is -2.05. The van der Waals surface area contributed by atoms with Crippen LogP contribution in [0.5, 0.6) is 5.75 Å². The number of H-pyrrole nitrogens is 2. The van der Waals surface area contributed by atoms with Crippen molar-refractivity contribution in [2.24, 2.45) is 0 Å². The van der Waals surface area contributed by atoms with E-state index in [-0.39, 0.29) is 0 Å². The Bertz CT molecular complexity index is 746. The molecule has 90 valence electrons. The monoisotopic (exact) mass is 242 g/mol. The normalized spacial score (nSPS) is 10.7. The molecule has 6 heteroatoms. The second-order valence-electron chi connectivity index (χ2n) is 3.77. The highest BCUT2D eigenvalue weighted by Crippen LogP contribution is 2.25. The molecule has 0 radical (unpaired) electrons. The molecule has 0 spiro atoms. The fourth-order valence-electron chi connectivity index (χ4n) is 1.86. The molecule has 3 aromatic rings. The zero-order valence-corrected chi connectivity index (χ0v) is 9.60. The van der Waals surface area contributed by atoms with E-state index in [4.69, 9.17) is 4.74 Å². The third-order valence-electron chi connectivity index (χ3n) is 2.69. The van der Waals surface area contributed by atoms with Crippen LogP contribution in [0.3, 0.4) is 0 Å². The fraction of sp³-hybridized carbons (Fsp3) is 0.0833. The van der Waals surface area contributed by atoms with Crippen molar-refractivity contribution >= 4 is 10.9 Å². The molecule has 2 N–H and O–H groups in total. The molecule has 0 unspecified atom stereocenters. The number of aromatic amines is 2. The Kier molecular flexibility index (Phi) is 2.33. The van der Waals surface area contributed by atoms with Crippen molar-refractivity contribution in [3.05, 3.63) is 40.9 Å². The smallest absolute Gasteiger partial charge is 0.346 e. The number of hydrogen-bond donors (Lipinski definition) is 2. The van der Waals surface area contributed by atoms with Gasteiger partial charge in [-0.2, -0.15) is 10.1 Å². The molecule has 0 fully saturated rings. The van der Waals surface area contributed by atoms with Gasteiger partial charge in [-0.3, -0.25) is 5.10 Å². The fourth-order valence-corrected chi connectivity index (χ4v) is 1.86. The van der Waals surface area contributed by atoms with E-state index >= 15 is 0 Å². The predicted molar refractivity (Wildman–Crippen MR) is 66.5 cm³/mol. The minimum Gasteiger partial charge on any atom is -0.497 e. The predicted octanol–water partition coefficient (Wildman–Crippen LogP) is 1.32. The number of nitrogens with one attached hydrogen (secondary N) is 2. The summed E-state index contributed by atoms with van der Waals surface area (Å²) in [6.45, 7) is 0. The molecule has 2 heterocycles. The van der Waals surface area contributed by atoms with Gasteiger partial charge in [-0.1, -0.05) is 0 Å². The molecule has 3 rings (SSSR count). The Morgan fingerprint density at radius 2 is 2.17 bits per heavy atom. The van der Waals surface area contributed by atoms with Crippen molar-refractivity contribution in [1.29, 1.82) is 0 Å². The molecule has 0 saturated heterocycles. The van der Waals surface area contributed by atoms with Gasteiger partial charge in [0, 0.05) is 17.6 Å². The van der Waals surface area contributed by atoms with Crippen molar-refractivity contribution < 1.29 is 4.74 Å². The van der Waals surface area contributed by atoms with Gasteiger partial charge in [0.05, 0.1) is 18.3 Å². The highest BCUT2D eigenvalue weighted by Gasteiger charge is 2.09. The number of ether oxygens (including phenoxy) is 1. The van der Waals surface area contributed by atoms with Crippen LogP contribution in [-0.2, 0) is 0 Å². The van der Waals surface area contributed by atoms with Crippen LogP contribution >= 0.6 is 0 Å². The highest BCUT2D eigenvalue weighted by atomic mass is 16.5. The second kappa shape index (κ2) is 3.99. The summed E-state index contributed by atoms with van der Waals surface area (Å²) in [5.41, 5.74) is 1.56. The van der Waals surface area contributed by atoms with E-state index in [1.54, 1.807) is 25.4 Å². The largest absolute Gasteiger partial charge is 0.497 e. The summed E-state index contributed by atoms with van der Waals surface area (Å²) in [4.78, 5) is 18.2. The molecule has 0 bridgehead atoms. The molecule has 1 aromatic carbocycles. The number of aromatic nitrogens is 4. The summed E-state index contributed by atoms with van der Waals surface area (Å²) in [6.07, 6.45) is 1.62. The summed E-state index contributed by atoms with van der Waals surface area (Å²) in [6, 6.07) is 7.21. The lowest BCUT2D eigenvalue weighted by Crippen LogP contribution is -2.11. The molecule has 0 aliphatic rings. The average molecular weight is 242 g/mol. The Labute approximate surface area is 102 Å². The van der Waals surface area contributed by atoms with E-state index in [0.29, 0.717) is 22.7 Å². The summed E-state index contributed by atoms with van der Waals surface area (Å²) in [5.74, 6) is 0.680. The first kappa shape index (κ1) is 10.5. The van der Waals surface area contributed by atoms with Gasteiger partial charge in [0.25, 0.3) is 0 Å². The van der Waals surface area contributed by atoms with E-state index in [1.165, 1.54) is 0 Å².